The van der Waals surface area contributed by atoms with E-state index in [9.17, 15) is 5.11 Å². The number of hydrogen-bond acceptors (Lipinski definition) is 5. The van der Waals surface area contributed by atoms with Gasteiger partial charge in [0, 0.05) is 24.0 Å². The van der Waals surface area contributed by atoms with Crippen LogP contribution >= 0.6 is 0 Å². The molecule has 2 aliphatic heterocycles. The van der Waals surface area contributed by atoms with Crippen LogP contribution in [0.15, 0.2) is 57.6 Å². The molecule has 2 unspecified atom stereocenters. The van der Waals surface area contributed by atoms with Gasteiger partial charge in [-0.1, -0.05) is 18.2 Å². The summed E-state index contributed by atoms with van der Waals surface area (Å²) in [6, 6.07) is 15.5. The number of benzene rings is 2. The van der Waals surface area contributed by atoms with E-state index in [1.54, 1.807) is 6.26 Å². The van der Waals surface area contributed by atoms with Crippen LogP contribution in [0.3, 0.4) is 0 Å². The van der Waals surface area contributed by atoms with Gasteiger partial charge in [-0.15, -0.1) is 0 Å². The van der Waals surface area contributed by atoms with Crippen molar-refractivity contribution >= 4 is 21.9 Å². The van der Waals surface area contributed by atoms with Gasteiger partial charge >= 0.3 is 0 Å². The van der Waals surface area contributed by atoms with Gasteiger partial charge in [0.2, 0.25) is 0 Å². The summed E-state index contributed by atoms with van der Waals surface area (Å²) in [5.41, 5.74) is 4.45. The molecule has 4 heterocycles. The highest BCUT2D eigenvalue weighted by Crippen LogP contribution is 2.44. The minimum Gasteiger partial charge on any atom is -0.490 e. The number of nitrogens with zero attached hydrogens (tertiary/aromatic N) is 1. The number of hydrogen-bond donors (Lipinski definition) is 1. The molecule has 0 spiro atoms. The van der Waals surface area contributed by atoms with Crippen LogP contribution < -0.4 is 4.74 Å². The van der Waals surface area contributed by atoms with E-state index in [1.165, 1.54) is 29.4 Å². The average Bonchev–Trinajstić information content (AvgIpc) is 3.46. The minimum absolute atomic E-state index is 0.289. The molecule has 0 aliphatic carbocycles. The predicted octanol–water partition coefficient (Wildman–Crippen LogP) is 5.95. The van der Waals surface area contributed by atoms with Crippen molar-refractivity contribution in [2.24, 2.45) is 0 Å². The lowest BCUT2D eigenvalue weighted by Crippen LogP contribution is -2.47. The SMILES string of the molecule is Cc1oc2cc(C3CC4CCC(C3)N4C[C@H](O)COc3cccc4occc34)ccc2c1C. The third-order valence-electron chi connectivity index (χ3n) is 7.87. The molecule has 5 heteroatoms. The Hall–Kier alpha value is -2.76. The second-order valence-electron chi connectivity index (χ2n) is 9.84. The summed E-state index contributed by atoms with van der Waals surface area (Å²) in [6.07, 6.45) is 5.86. The number of ether oxygens (including phenoxy) is 1. The molecular formula is C28H31NO4. The van der Waals surface area contributed by atoms with Crippen molar-refractivity contribution in [3.63, 3.8) is 0 Å². The molecule has 33 heavy (non-hydrogen) atoms. The molecule has 172 valence electrons. The normalized spacial score (nSPS) is 24.0. The van der Waals surface area contributed by atoms with Crippen LogP contribution in [0.2, 0.25) is 0 Å². The maximum absolute atomic E-state index is 10.8. The van der Waals surface area contributed by atoms with Gasteiger partial charge in [-0.25, -0.2) is 0 Å². The molecular weight excluding hydrogens is 414 g/mol. The lowest BCUT2D eigenvalue weighted by Gasteiger charge is -2.40. The fourth-order valence-electron chi connectivity index (χ4n) is 6.04. The van der Waals surface area contributed by atoms with Gasteiger partial charge in [-0.05, 0) is 80.8 Å². The highest BCUT2D eigenvalue weighted by Gasteiger charge is 2.41. The summed E-state index contributed by atoms with van der Waals surface area (Å²) in [6.45, 7) is 5.12. The fourth-order valence-corrected chi connectivity index (χ4v) is 6.04. The van der Waals surface area contributed by atoms with E-state index in [1.807, 2.05) is 31.2 Å². The van der Waals surface area contributed by atoms with Crippen LogP contribution in [0.25, 0.3) is 21.9 Å². The Labute approximate surface area is 193 Å². The van der Waals surface area contributed by atoms with Gasteiger partial charge in [0.25, 0.3) is 0 Å². The summed E-state index contributed by atoms with van der Waals surface area (Å²) < 4.78 is 17.4. The number of piperidine rings is 1. The van der Waals surface area contributed by atoms with Crippen molar-refractivity contribution in [3.05, 3.63) is 65.6 Å². The van der Waals surface area contributed by atoms with E-state index in [0.717, 1.165) is 40.9 Å². The van der Waals surface area contributed by atoms with Crippen LogP contribution in [0.5, 0.6) is 5.75 Å². The highest BCUT2D eigenvalue weighted by atomic mass is 16.5. The van der Waals surface area contributed by atoms with Gasteiger partial charge in [-0.2, -0.15) is 0 Å². The first kappa shape index (κ1) is 20.8. The van der Waals surface area contributed by atoms with Gasteiger partial charge < -0.3 is 18.7 Å². The fraction of sp³-hybridized carbons (Fsp3) is 0.429. The van der Waals surface area contributed by atoms with E-state index >= 15 is 0 Å². The van der Waals surface area contributed by atoms with Gasteiger partial charge in [0.1, 0.15) is 35.4 Å². The molecule has 0 radical (unpaired) electrons. The zero-order valence-corrected chi connectivity index (χ0v) is 19.3. The zero-order chi connectivity index (χ0) is 22.5. The number of fused-ring (bicyclic) bond motifs is 4. The van der Waals surface area contributed by atoms with Crippen molar-refractivity contribution in [3.8, 4) is 5.75 Å². The summed E-state index contributed by atoms with van der Waals surface area (Å²) in [5.74, 6) is 2.33. The van der Waals surface area contributed by atoms with E-state index in [0.29, 0.717) is 24.5 Å². The number of furan rings is 2. The minimum atomic E-state index is -0.516. The second kappa shape index (κ2) is 8.23. The lowest BCUT2D eigenvalue weighted by molar-refractivity contribution is 0.0321. The smallest absolute Gasteiger partial charge is 0.137 e. The van der Waals surface area contributed by atoms with Crippen LogP contribution in [0.4, 0.5) is 0 Å². The van der Waals surface area contributed by atoms with Crippen molar-refractivity contribution < 1.29 is 18.7 Å². The molecule has 2 aliphatic rings. The Bertz CT molecular complexity index is 1270. The third kappa shape index (κ3) is 3.73. The van der Waals surface area contributed by atoms with Crippen molar-refractivity contribution in [2.45, 2.75) is 63.6 Å². The molecule has 0 amide bonds. The summed E-state index contributed by atoms with van der Waals surface area (Å²) in [5, 5.41) is 13.0. The Morgan fingerprint density at radius 2 is 1.85 bits per heavy atom. The van der Waals surface area contributed by atoms with Gasteiger partial charge in [0.05, 0.1) is 11.6 Å². The van der Waals surface area contributed by atoms with Crippen molar-refractivity contribution in [2.75, 3.05) is 13.2 Å². The molecule has 4 aromatic rings. The molecule has 2 fully saturated rings. The topological polar surface area (TPSA) is 59.0 Å². The molecule has 2 bridgehead atoms. The third-order valence-corrected chi connectivity index (χ3v) is 7.87. The molecule has 6 rings (SSSR count). The molecule has 3 atom stereocenters. The molecule has 5 nitrogen and oxygen atoms in total. The number of rotatable bonds is 6. The van der Waals surface area contributed by atoms with Crippen molar-refractivity contribution in [1.82, 2.24) is 4.90 Å². The Morgan fingerprint density at radius 1 is 1.03 bits per heavy atom. The first-order valence-corrected chi connectivity index (χ1v) is 12.1. The Kier molecular flexibility index (Phi) is 5.19. The van der Waals surface area contributed by atoms with E-state index in [2.05, 4.69) is 30.0 Å². The summed E-state index contributed by atoms with van der Waals surface area (Å²) in [7, 11) is 0. The average molecular weight is 446 g/mol. The van der Waals surface area contributed by atoms with E-state index < -0.39 is 6.10 Å². The Morgan fingerprint density at radius 3 is 2.67 bits per heavy atom. The second-order valence-corrected chi connectivity index (χ2v) is 9.84. The molecule has 1 N–H and O–H groups in total. The monoisotopic (exact) mass is 445 g/mol. The lowest BCUT2D eigenvalue weighted by atomic mass is 9.84. The first-order chi connectivity index (χ1) is 16.1. The first-order valence-electron chi connectivity index (χ1n) is 12.1. The predicted molar refractivity (Wildman–Crippen MR) is 129 cm³/mol. The van der Waals surface area contributed by atoms with Crippen LogP contribution in [0, 0.1) is 13.8 Å². The van der Waals surface area contributed by atoms with E-state index in [-0.39, 0.29) is 6.61 Å². The van der Waals surface area contributed by atoms with Crippen molar-refractivity contribution in [1.29, 1.82) is 0 Å². The highest BCUT2D eigenvalue weighted by molar-refractivity contribution is 5.84. The molecule has 0 saturated carbocycles. The number of aryl methyl sites for hydroxylation is 2. The van der Waals surface area contributed by atoms with Crippen LogP contribution in [0.1, 0.15) is 48.5 Å². The van der Waals surface area contributed by atoms with E-state index in [4.69, 9.17) is 13.6 Å². The number of aliphatic hydroxyl groups excluding tert-OH is 1. The van der Waals surface area contributed by atoms with Gasteiger partial charge in [0.15, 0.2) is 0 Å². The molecule has 2 aromatic carbocycles. The van der Waals surface area contributed by atoms with Gasteiger partial charge in [-0.3, -0.25) is 4.90 Å². The summed E-state index contributed by atoms with van der Waals surface area (Å²) >= 11 is 0. The standard InChI is InChI=1S/C28H31NO4/c1-17-18(2)33-28-14-19(6-9-24(17)28)20-12-21-7-8-22(13-20)29(21)15-23(30)16-32-27-5-3-4-26-25(27)10-11-31-26/h3-6,9-11,14,20-23,30H,7-8,12-13,15-16H2,1-2H3/t20?,21?,22?,23-/m0/s1. The maximum atomic E-state index is 10.8. The molecule has 2 saturated heterocycles. The van der Waals surface area contributed by atoms with Crippen LogP contribution in [-0.2, 0) is 0 Å². The Balaban J connectivity index is 1.10. The molecule has 2 aromatic heterocycles. The maximum Gasteiger partial charge on any atom is 0.137 e. The van der Waals surface area contributed by atoms with Crippen LogP contribution in [-0.4, -0.2) is 41.3 Å². The number of aliphatic hydroxyl groups is 1. The quantitative estimate of drug-likeness (QED) is 0.398. The summed E-state index contributed by atoms with van der Waals surface area (Å²) in [4.78, 5) is 2.53. The zero-order valence-electron chi connectivity index (χ0n) is 19.3. The largest absolute Gasteiger partial charge is 0.490 e.